The van der Waals surface area contributed by atoms with Crippen molar-refractivity contribution in [1.82, 2.24) is 19.4 Å². The van der Waals surface area contributed by atoms with Crippen LogP contribution in [0.4, 0.5) is 4.79 Å². The number of H-pyrrole nitrogens is 1. The summed E-state index contributed by atoms with van der Waals surface area (Å²) in [4.78, 5) is 32.5. The van der Waals surface area contributed by atoms with Crippen LogP contribution >= 0.6 is 0 Å². The van der Waals surface area contributed by atoms with Gasteiger partial charge >= 0.3 is 11.8 Å². The third-order valence-electron chi connectivity index (χ3n) is 7.38. The molecule has 0 unspecified atom stereocenters. The zero-order chi connectivity index (χ0) is 21.8. The van der Waals surface area contributed by atoms with E-state index in [0.29, 0.717) is 17.9 Å². The minimum Gasteiger partial charge on any atom is -0.444 e. The molecule has 1 saturated carbocycles. The minimum absolute atomic E-state index is 0.0114. The van der Waals surface area contributed by atoms with Gasteiger partial charge in [0.2, 0.25) is 0 Å². The van der Waals surface area contributed by atoms with Crippen LogP contribution < -0.4 is 5.69 Å². The lowest BCUT2D eigenvalue weighted by Crippen LogP contribution is -2.43. The second-order valence-electron chi connectivity index (χ2n) is 10.6. The number of fused-ring (bicyclic) bond motifs is 2. The van der Waals surface area contributed by atoms with E-state index in [2.05, 4.69) is 9.88 Å². The summed E-state index contributed by atoms with van der Waals surface area (Å²) < 4.78 is 7.53. The van der Waals surface area contributed by atoms with E-state index < -0.39 is 5.60 Å². The van der Waals surface area contributed by atoms with Gasteiger partial charge in [-0.05, 0) is 70.4 Å². The van der Waals surface area contributed by atoms with Crippen molar-refractivity contribution >= 4 is 17.1 Å². The monoisotopic (exact) mass is 426 g/mol. The zero-order valence-corrected chi connectivity index (χ0v) is 18.8. The van der Waals surface area contributed by atoms with E-state index in [1.165, 1.54) is 12.8 Å². The Hall–Kier alpha value is -2.28. The van der Waals surface area contributed by atoms with E-state index in [-0.39, 0.29) is 17.8 Å². The number of aromatic amines is 1. The van der Waals surface area contributed by atoms with E-state index in [1.54, 1.807) is 0 Å². The molecule has 168 valence electrons. The largest absolute Gasteiger partial charge is 0.444 e. The van der Waals surface area contributed by atoms with E-state index in [9.17, 15) is 9.59 Å². The van der Waals surface area contributed by atoms with Gasteiger partial charge in [-0.15, -0.1) is 0 Å². The molecule has 5 rings (SSSR count). The van der Waals surface area contributed by atoms with Crippen LogP contribution in [0.3, 0.4) is 0 Å². The number of ether oxygens (including phenoxy) is 1. The highest BCUT2D eigenvalue weighted by molar-refractivity contribution is 5.75. The lowest BCUT2D eigenvalue weighted by Gasteiger charge is -2.37. The predicted molar refractivity (Wildman–Crippen MR) is 120 cm³/mol. The average molecular weight is 427 g/mol. The zero-order valence-electron chi connectivity index (χ0n) is 18.8. The Bertz CT molecular complexity index is 998. The number of nitrogens with one attached hydrogen (secondary N) is 1. The molecule has 1 N–H and O–H groups in total. The standard InChI is InChI=1S/C24H34N4O3/c1-24(2,3)31-23(30)27-14-16-12-19(13-17(16)15-27)26-10-8-18(9-11-26)28-21-7-5-4-6-20(21)25-22(28)29/h4-7,16-19H,8-15H2,1-3H3,(H,25,29)/t16-,17+,19+. The SMILES string of the molecule is CC(C)(C)OC(=O)N1C[C@H]2C[C@H](N3CCC(n4c(=O)[nH]c5ccccc54)CC3)C[C@H]2C1. The molecule has 2 aliphatic heterocycles. The van der Waals surface area contributed by atoms with Crippen molar-refractivity contribution < 1.29 is 9.53 Å². The number of likely N-dealkylation sites (tertiary alicyclic amines) is 2. The van der Waals surface area contributed by atoms with Crippen molar-refractivity contribution in [2.45, 2.75) is 64.1 Å². The van der Waals surface area contributed by atoms with Gasteiger partial charge in [-0.3, -0.25) is 4.57 Å². The highest BCUT2D eigenvalue weighted by atomic mass is 16.6. The summed E-state index contributed by atoms with van der Waals surface area (Å²) in [6, 6.07) is 8.85. The molecule has 3 aliphatic rings. The van der Waals surface area contributed by atoms with E-state index >= 15 is 0 Å². The first-order valence-corrected chi connectivity index (χ1v) is 11.7. The Kier molecular flexibility index (Phi) is 5.12. The van der Waals surface area contributed by atoms with E-state index in [0.717, 1.165) is 50.1 Å². The van der Waals surface area contributed by atoms with Gasteiger partial charge in [0.1, 0.15) is 5.60 Å². The number of hydrogen-bond acceptors (Lipinski definition) is 4. The van der Waals surface area contributed by atoms with Gasteiger partial charge in [-0.25, -0.2) is 9.59 Å². The number of amides is 1. The highest BCUT2D eigenvalue weighted by Crippen LogP contribution is 2.41. The Morgan fingerprint density at radius 2 is 1.68 bits per heavy atom. The van der Waals surface area contributed by atoms with Crippen molar-refractivity contribution in [3.8, 4) is 0 Å². The van der Waals surface area contributed by atoms with Gasteiger partial charge in [0, 0.05) is 38.3 Å². The summed E-state index contributed by atoms with van der Waals surface area (Å²) in [7, 11) is 0. The normalized spacial score (nSPS) is 27.7. The molecular formula is C24H34N4O3. The molecule has 3 fully saturated rings. The maximum absolute atomic E-state index is 12.5. The van der Waals surface area contributed by atoms with Crippen molar-refractivity contribution in [2.75, 3.05) is 26.2 Å². The van der Waals surface area contributed by atoms with Crippen LogP contribution in [-0.4, -0.2) is 63.3 Å². The average Bonchev–Trinajstić information content (AvgIpc) is 3.37. The van der Waals surface area contributed by atoms with Gasteiger partial charge < -0.3 is 19.5 Å². The van der Waals surface area contributed by atoms with Gasteiger partial charge in [0.05, 0.1) is 11.0 Å². The van der Waals surface area contributed by atoms with Crippen molar-refractivity contribution in [3.63, 3.8) is 0 Å². The summed E-state index contributed by atoms with van der Waals surface area (Å²) in [5.74, 6) is 1.18. The summed E-state index contributed by atoms with van der Waals surface area (Å²) in [5.41, 5.74) is 1.52. The van der Waals surface area contributed by atoms with E-state index in [4.69, 9.17) is 4.74 Å². The van der Waals surface area contributed by atoms with Crippen molar-refractivity contribution in [2.24, 2.45) is 11.8 Å². The third kappa shape index (κ3) is 4.00. The number of piperidine rings is 1. The molecule has 3 heterocycles. The molecule has 1 aromatic carbocycles. The first-order valence-electron chi connectivity index (χ1n) is 11.7. The van der Waals surface area contributed by atoms with Crippen LogP contribution in [0.15, 0.2) is 29.1 Å². The number of benzene rings is 1. The fourth-order valence-corrected chi connectivity index (χ4v) is 5.99. The number of imidazole rings is 1. The number of aromatic nitrogens is 2. The van der Waals surface area contributed by atoms with Gasteiger partial charge in [0.25, 0.3) is 0 Å². The molecule has 1 aliphatic carbocycles. The second kappa shape index (κ2) is 7.69. The maximum atomic E-state index is 12.5. The number of carbonyl (C=O) groups is 1. The Balaban J connectivity index is 1.17. The van der Waals surface area contributed by atoms with Crippen LogP contribution in [0.5, 0.6) is 0 Å². The molecule has 7 heteroatoms. The fourth-order valence-electron chi connectivity index (χ4n) is 5.99. The molecule has 3 atom stereocenters. The Labute approximate surface area is 183 Å². The highest BCUT2D eigenvalue weighted by Gasteiger charge is 2.45. The maximum Gasteiger partial charge on any atom is 0.410 e. The topological polar surface area (TPSA) is 70.6 Å². The molecular weight excluding hydrogens is 392 g/mol. The van der Waals surface area contributed by atoms with Crippen molar-refractivity contribution in [3.05, 3.63) is 34.7 Å². The van der Waals surface area contributed by atoms with E-state index in [1.807, 2.05) is 54.5 Å². The van der Waals surface area contributed by atoms with Crippen LogP contribution in [0.25, 0.3) is 11.0 Å². The van der Waals surface area contributed by atoms with Crippen LogP contribution in [0, 0.1) is 11.8 Å². The third-order valence-corrected chi connectivity index (χ3v) is 7.38. The number of rotatable bonds is 2. The number of nitrogens with zero attached hydrogens (tertiary/aromatic N) is 3. The Morgan fingerprint density at radius 3 is 2.32 bits per heavy atom. The summed E-state index contributed by atoms with van der Waals surface area (Å²) >= 11 is 0. The molecule has 2 aromatic rings. The summed E-state index contributed by atoms with van der Waals surface area (Å²) in [5, 5.41) is 0. The summed E-state index contributed by atoms with van der Waals surface area (Å²) in [6.45, 7) is 9.50. The summed E-state index contributed by atoms with van der Waals surface area (Å²) in [6.07, 6.45) is 4.20. The lowest BCUT2D eigenvalue weighted by atomic mass is 10.0. The van der Waals surface area contributed by atoms with Crippen LogP contribution in [0.1, 0.15) is 52.5 Å². The molecule has 7 nitrogen and oxygen atoms in total. The van der Waals surface area contributed by atoms with Gasteiger partial charge in [-0.2, -0.15) is 0 Å². The molecule has 0 radical (unpaired) electrons. The van der Waals surface area contributed by atoms with Gasteiger partial charge in [-0.1, -0.05) is 12.1 Å². The molecule has 31 heavy (non-hydrogen) atoms. The quantitative estimate of drug-likeness (QED) is 0.796. The van der Waals surface area contributed by atoms with Crippen LogP contribution in [-0.2, 0) is 4.74 Å². The van der Waals surface area contributed by atoms with Gasteiger partial charge in [0.15, 0.2) is 0 Å². The second-order valence-corrected chi connectivity index (χ2v) is 10.6. The smallest absolute Gasteiger partial charge is 0.410 e. The lowest BCUT2D eigenvalue weighted by molar-refractivity contribution is 0.0271. The number of hydrogen-bond donors (Lipinski definition) is 1. The molecule has 0 spiro atoms. The van der Waals surface area contributed by atoms with Crippen LogP contribution in [0.2, 0.25) is 0 Å². The Morgan fingerprint density at radius 1 is 1.03 bits per heavy atom. The molecule has 1 amide bonds. The molecule has 1 aromatic heterocycles. The number of carbonyl (C=O) groups excluding carboxylic acids is 1. The first kappa shape index (κ1) is 20.6. The fraction of sp³-hybridized carbons (Fsp3) is 0.667. The number of para-hydroxylation sites is 2. The molecule has 2 saturated heterocycles. The molecule has 0 bridgehead atoms. The predicted octanol–water partition coefficient (Wildman–Crippen LogP) is 3.61. The minimum atomic E-state index is -0.436. The van der Waals surface area contributed by atoms with Crippen molar-refractivity contribution in [1.29, 1.82) is 0 Å². The first-order chi connectivity index (χ1) is 14.8.